The molecule has 0 saturated heterocycles. The fourth-order valence-corrected chi connectivity index (χ4v) is 2.54. The number of amides is 2. The van der Waals surface area contributed by atoms with Gasteiger partial charge in [-0.05, 0) is 67.6 Å². The summed E-state index contributed by atoms with van der Waals surface area (Å²) in [5, 5.41) is 5.49. The van der Waals surface area contributed by atoms with E-state index in [1.54, 1.807) is 36.4 Å². The lowest BCUT2D eigenvalue weighted by Crippen LogP contribution is -2.28. The minimum Gasteiger partial charge on any atom is -0.494 e. The highest BCUT2D eigenvalue weighted by Crippen LogP contribution is 2.17. The molecule has 1 aromatic heterocycles. The molecule has 7 heteroatoms. The Morgan fingerprint density at radius 3 is 2.21 bits per heavy atom. The monoisotopic (exact) mass is 394 g/mol. The summed E-state index contributed by atoms with van der Waals surface area (Å²) in [7, 11) is 0. The largest absolute Gasteiger partial charge is 0.494 e. The molecule has 0 aliphatic rings. The van der Waals surface area contributed by atoms with E-state index in [-0.39, 0.29) is 17.6 Å². The van der Waals surface area contributed by atoms with Crippen molar-refractivity contribution in [3.8, 4) is 11.5 Å². The summed E-state index contributed by atoms with van der Waals surface area (Å²) < 4.78 is 16.0. The molecule has 150 valence electrons. The van der Waals surface area contributed by atoms with Crippen LogP contribution < -0.4 is 20.1 Å². The van der Waals surface area contributed by atoms with Gasteiger partial charge in [0.05, 0.1) is 19.4 Å². The van der Waals surface area contributed by atoms with Crippen molar-refractivity contribution in [3.05, 3.63) is 78.3 Å². The zero-order valence-corrected chi connectivity index (χ0v) is 16.0. The van der Waals surface area contributed by atoms with Crippen molar-refractivity contribution in [1.82, 2.24) is 5.32 Å². The Bertz CT molecular complexity index is 919. The predicted octanol–water partition coefficient (Wildman–Crippen LogP) is 3.74. The van der Waals surface area contributed by atoms with E-state index in [1.165, 1.54) is 6.26 Å². The topological polar surface area (TPSA) is 89.8 Å². The van der Waals surface area contributed by atoms with Crippen LogP contribution in [0.4, 0.5) is 5.69 Å². The third-order valence-corrected chi connectivity index (χ3v) is 3.94. The van der Waals surface area contributed by atoms with Crippen LogP contribution in [-0.4, -0.2) is 31.6 Å². The normalized spacial score (nSPS) is 10.2. The van der Waals surface area contributed by atoms with Gasteiger partial charge in [-0.2, -0.15) is 0 Å². The van der Waals surface area contributed by atoms with Crippen LogP contribution in [-0.2, 0) is 0 Å². The standard InChI is InChI=1S/C22H22N2O5/c1-2-27-18-9-11-19(12-10-18)28-15-13-23-21(25)16-5-7-17(8-6-16)24-22(26)20-4-3-14-29-20/h3-12,14H,2,13,15H2,1H3,(H,23,25)(H,24,26). The Labute approximate surface area is 168 Å². The zero-order chi connectivity index (χ0) is 20.5. The van der Waals surface area contributed by atoms with Gasteiger partial charge in [-0.3, -0.25) is 9.59 Å². The van der Waals surface area contributed by atoms with Gasteiger partial charge in [0.2, 0.25) is 0 Å². The van der Waals surface area contributed by atoms with Crippen molar-refractivity contribution >= 4 is 17.5 Å². The number of furan rings is 1. The lowest BCUT2D eigenvalue weighted by atomic mass is 10.2. The molecule has 0 aliphatic heterocycles. The van der Waals surface area contributed by atoms with Crippen molar-refractivity contribution in [3.63, 3.8) is 0 Å². The maximum atomic E-state index is 12.2. The van der Waals surface area contributed by atoms with Crippen molar-refractivity contribution in [1.29, 1.82) is 0 Å². The quantitative estimate of drug-likeness (QED) is 0.540. The fraction of sp³-hybridized carbons (Fsp3) is 0.182. The summed E-state index contributed by atoms with van der Waals surface area (Å²) in [6.07, 6.45) is 1.43. The number of rotatable bonds is 9. The number of ether oxygens (including phenoxy) is 2. The minimum atomic E-state index is -0.348. The van der Waals surface area contributed by atoms with Gasteiger partial charge >= 0.3 is 0 Å². The zero-order valence-electron chi connectivity index (χ0n) is 16.0. The molecule has 0 bridgehead atoms. The highest BCUT2D eigenvalue weighted by Gasteiger charge is 2.10. The third kappa shape index (κ3) is 5.87. The molecule has 3 aromatic rings. The van der Waals surface area contributed by atoms with Gasteiger partial charge in [-0.15, -0.1) is 0 Å². The molecule has 0 radical (unpaired) electrons. The van der Waals surface area contributed by atoms with E-state index in [9.17, 15) is 9.59 Å². The first-order valence-electron chi connectivity index (χ1n) is 9.24. The Balaban J connectivity index is 1.41. The Morgan fingerprint density at radius 1 is 0.897 bits per heavy atom. The summed E-state index contributed by atoms with van der Waals surface area (Å²) in [4.78, 5) is 24.1. The van der Waals surface area contributed by atoms with Crippen LogP contribution in [0.5, 0.6) is 11.5 Å². The SMILES string of the molecule is CCOc1ccc(OCCNC(=O)c2ccc(NC(=O)c3ccco3)cc2)cc1. The lowest BCUT2D eigenvalue weighted by molar-refractivity contribution is 0.0946. The number of anilines is 1. The highest BCUT2D eigenvalue weighted by atomic mass is 16.5. The molecular formula is C22H22N2O5. The fourth-order valence-electron chi connectivity index (χ4n) is 2.54. The van der Waals surface area contributed by atoms with Gasteiger partial charge in [0, 0.05) is 11.3 Å². The molecule has 3 rings (SSSR count). The molecule has 0 atom stereocenters. The number of hydrogen-bond acceptors (Lipinski definition) is 5. The molecule has 0 saturated carbocycles. The van der Waals surface area contributed by atoms with E-state index in [4.69, 9.17) is 13.9 Å². The summed E-state index contributed by atoms with van der Waals surface area (Å²) >= 11 is 0. The van der Waals surface area contributed by atoms with Gasteiger partial charge in [0.1, 0.15) is 18.1 Å². The van der Waals surface area contributed by atoms with Crippen LogP contribution in [0.1, 0.15) is 27.8 Å². The van der Waals surface area contributed by atoms with Crippen LogP contribution in [0, 0.1) is 0 Å². The molecule has 2 N–H and O–H groups in total. The smallest absolute Gasteiger partial charge is 0.291 e. The van der Waals surface area contributed by atoms with Gasteiger partial charge in [0.15, 0.2) is 5.76 Å². The first-order valence-corrected chi connectivity index (χ1v) is 9.24. The average molecular weight is 394 g/mol. The summed E-state index contributed by atoms with van der Waals surface area (Å²) in [6, 6.07) is 17.1. The van der Waals surface area contributed by atoms with E-state index in [0.717, 1.165) is 5.75 Å². The second-order valence-electron chi connectivity index (χ2n) is 6.02. The molecule has 0 unspecified atom stereocenters. The van der Waals surface area contributed by atoms with Gasteiger partial charge < -0.3 is 24.5 Å². The van der Waals surface area contributed by atoms with Crippen molar-refractivity contribution in [2.24, 2.45) is 0 Å². The number of benzene rings is 2. The number of carbonyl (C=O) groups excluding carboxylic acids is 2. The summed E-state index contributed by atoms with van der Waals surface area (Å²) in [5.41, 5.74) is 1.06. The van der Waals surface area contributed by atoms with Crippen LogP contribution in [0.15, 0.2) is 71.3 Å². The average Bonchev–Trinajstić information content (AvgIpc) is 3.28. The summed E-state index contributed by atoms with van der Waals surface area (Å²) in [5.74, 6) is 1.15. The lowest BCUT2D eigenvalue weighted by Gasteiger charge is -2.09. The number of carbonyl (C=O) groups is 2. The van der Waals surface area contributed by atoms with Crippen LogP contribution in [0.2, 0.25) is 0 Å². The molecule has 1 heterocycles. The molecule has 7 nitrogen and oxygen atoms in total. The first-order chi connectivity index (χ1) is 14.2. The molecule has 2 aromatic carbocycles. The van der Waals surface area contributed by atoms with Gasteiger partial charge in [-0.25, -0.2) is 0 Å². The van der Waals surface area contributed by atoms with Gasteiger partial charge in [0.25, 0.3) is 11.8 Å². The van der Waals surface area contributed by atoms with Crippen LogP contribution in [0.25, 0.3) is 0 Å². The molecule has 2 amide bonds. The predicted molar refractivity (Wildman–Crippen MR) is 109 cm³/mol. The maximum Gasteiger partial charge on any atom is 0.291 e. The molecule has 0 spiro atoms. The molecule has 0 fully saturated rings. The van der Waals surface area contributed by atoms with E-state index in [0.29, 0.717) is 36.8 Å². The van der Waals surface area contributed by atoms with E-state index < -0.39 is 0 Å². The maximum absolute atomic E-state index is 12.2. The second kappa shape index (κ2) is 9.98. The van der Waals surface area contributed by atoms with E-state index >= 15 is 0 Å². The highest BCUT2D eigenvalue weighted by molar-refractivity contribution is 6.02. The number of nitrogens with one attached hydrogen (secondary N) is 2. The van der Waals surface area contributed by atoms with Crippen LogP contribution >= 0.6 is 0 Å². The van der Waals surface area contributed by atoms with Crippen molar-refractivity contribution in [2.75, 3.05) is 25.1 Å². The van der Waals surface area contributed by atoms with Crippen molar-refractivity contribution in [2.45, 2.75) is 6.92 Å². The van der Waals surface area contributed by atoms with Gasteiger partial charge in [-0.1, -0.05) is 0 Å². The van der Waals surface area contributed by atoms with Crippen LogP contribution in [0.3, 0.4) is 0 Å². The first kappa shape index (κ1) is 20.0. The molecular weight excluding hydrogens is 372 g/mol. The number of hydrogen-bond donors (Lipinski definition) is 2. The molecule has 29 heavy (non-hydrogen) atoms. The summed E-state index contributed by atoms with van der Waals surface area (Å²) in [6.45, 7) is 3.25. The Kier molecular flexibility index (Phi) is 6.89. The van der Waals surface area contributed by atoms with E-state index in [2.05, 4.69) is 10.6 Å². The van der Waals surface area contributed by atoms with Crippen molar-refractivity contribution < 1.29 is 23.5 Å². The third-order valence-electron chi connectivity index (χ3n) is 3.94. The minimum absolute atomic E-state index is 0.218. The second-order valence-corrected chi connectivity index (χ2v) is 6.02. The Hall–Kier alpha value is -3.74. The van der Waals surface area contributed by atoms with E-state index in [1.807, 2.05) is 31.2 Å². The Morgan fingerprint density at radius 2 is 1.59 bits per heavy atom. The molecule has 0 aliphatic carbocycles.